The number of carbonyl (C=O) groups is 2. The quantitative estimate of drug-likeness (QED) is 0.464. The van der Waals surface area contributed by atoms with Crippen LogP contribution in [0.5, 0.6) is 5.75 Å². The van der Waals surface area contributed by atoms with Crippen molar-refractivity contribution in [1.29, 1.82) is 0 Å². The van der Waals surface area contributed by atoms with E-state index in [2.05, 4.69) is 5.32 Å². The Kier molecular flexibility index (Phi) is 6.33. The summed E-state index contributed by atoms with van der Waals surface area (Å²) in [5, 5.41) is 4.81. The molecule has 0 bridgehead atoms. The van der Waals surface area contributed by atoms with E-state index in [0.29, 0.717) is 42.1 Å². The fourth-order valence-electron chi connectivity index (χ4n) is 4.82. The Morgan fingerprint density at radius 3 is 2.61 bits per heavy atom. The summed E-state index contributed by atoms with van der Waals surface area (Å²) in [6.07, 6.45) is 1.88. The molecule has 0 radical (unpaired) electrons. The van der Waals surface area contributed by atoms with Crippen LogP contribution in [0.3, 0.4) is 0 Å². The summed E-state index contributed by atoms with van der Waals surface area (Å²) in [7, 11) is 1.44. The lowest BCUT2D eigenvalue weighted by atomic mass is 10.0. The third-order valence-electron chi connectivity index (χ3n) is 6.67. The summed E-state index contributed by atoms with van der Waals surface area (Å²) >= 11 is 0. The Bertz CT molecular complexity index is 1480. The van der Waals surface area contributed by atoms with E-state index in [1.54, 1.807) is 27.9 Å². The van der Waals surface area contributed by atoms with Gasteiger partial charge in [-0.3, -0.25) is 14.4 Å². The van der Waals surface area contributed by atoms with E-state index in [1.807, 2.05) is 49.4 Å². The van der Waals surface area contributed by atoms with E-state index >= 15 is 0 Å². The summed E-state index contributed by atoms with van der Waals surface area (Å²) in [6.45, 7) is 2.82. The third-order valence-corrected chi connectivity index (χ3v) is 6.67. The molecule has 8 nitrogen and oxygen atoms in total. The first-order valence-electron chi connectivity index (χ1n) is 11.9. The van der Waals surface area contributed by atoms with Crippen LogP contribution in [0.1, 0.15) is 45.1 Å². The third kappa shape index (κ3) is 4.26. The normalized spacial score (nSPS) is 14.1. The molecule has 1 aliphatic rings. The number of carbonyl (C=O) groups excluding carboxylic acids is 2. The number of hydrogen-bond donors (Lipinski definition) is 1. The van der Waals surface area contributed by atoms with Crippen LogP contribution >= 0.6 is 0 Å². The molecule has 5 rings (SSSR count). The van der Waals surface area contributed by atoms with Crippen LogP contribution < -0.4 is 15.6 Å². The Morgan fingerprint density at radius 1 is 1.03 bits per heavy atom. The van der Waals surface area contributed by atoms with E-state index in [-0.39, 0.29) is 35.7 Å². The smallest absolute Gasteiger partial charge is 0.257 e. The van der Waals surface area contributed by atoms with E-state index in [9.17, 15) is 14.4 Å². The van der Waals surface area contributed by atoms with Crippen LogP contribution in [-0.4, -0.2) is 41.5 Å². The van der Waals surface area contributed by atoms with Crippen LogP contribution in [0.25, 0.3) is 10.8 Å². The van der Waals surface area contributed by atoms with Crippen LogP contribution in [0, 0.1) is 0 Å². The van der Waals surface area contributed by atoms with Crippen molar-refractivity contribution in [2.24, 2.45) is 0 Å². The first-order valence-corrected chi connectivity index (χ1v) is 11.9. The highest BCUT2D eigenvalue weighted by molar-refractivity contribution is 6.07. The highest BCUT2D eigenvalue weighted by atomic mass is 16.5. The number of methoxy groups -OCH3 is 1. The minimum atomic E-state index is -0.375. The van der Waals surface area contributed by atoms with Gasteiger partial charge in [-0.05, 0) is 35.9 Å². The van der Waals surface area contributed by atoms with Gasteiger partial charge in [-0.25, -0.2) is 0 Å². The Balaban J connectivity index is 1.46. The van der Waals surface area contributed by atoms with Gasteiger partial charge < -0.3 is 23.9 Å². The van der Waals surface area contributed by atoms with Gasteiger partial charge in [-0.15, -0.1) is 0 Å². The summed E-state index contributed by atoms with van der Waals surface area (Å²) in [5.41, 5.74) is 1.21. The molecule has 36 heavy (non-hydrogen) atoms. The highest BCUT2D eigenvalue weighted by Gasteiger charge is 2.28. The number of nitrogens with zero attached hydrogens (tertiary/aromatic N) is 2. The average molecular weight is 486 g/mol. The number of pyridine rings is 1. The number of rotatable bonds is 5. The molecule has 3 heterocycles. The van der Waals surface area contributed by atoms with Crippen LogP contribution in [0.15, 0.2) is 76.1 Å². The average Bonchev–Trinajstić information content (AvgIpc) is 3.35. The molecule has 184 valence electrons. The SMILES string of the molecule is COc1cc(=O)n2c(c1C(=O)NC(C)c1ccco1)CCN(C(=O)c1cccc3ccccc13)CC2. The van der Waals surface area contributed by atoms with Gasteiger partial charge in [0.1, 0.15) is 17.1 Å². The minimum absolute atomic E-state index is 0.0999. The van der Waals surface area contributed by atoms with Crippen molar-refractivity contribution in [2.45, 2.75) is 25.9 Å². The van der Waals surface area contributed by atoms with Gasteiger partial charge in [0.25, 0.3) is 17.4 Å². The Morgan fingerprint density at radius 2 is 1.83 bits per heavy atom. The lowest BCUT2D eigenvalue weighted by Gasteiger charge is -2.21. The second-order valence-electron chi connectivity index (χ2n) is 8.80. The number of hydrogen-bond acceptors (Lipinski definition) is 5. The zero-order valence-corrected chi connectivity index (χ0v) is 20.2. The number of fused-ring (bicyclic) bond motifs is 2. The fraction of sp³-hybridized carbons (Fsp3) is 0.250. The van der Waals surface area contributed by atoms with Crippen molar-refractivity contribution in [3.63, 3.8) is 0 Å². The van der Waals surface area contributed by atoms with Crippen molar-refractivity contribution < 1.29 is 18.7 Å². The molecule has 0 spiro atoms. The second kappa shape index (κ2) is 9.73. The lowest BCUT2D eigenvalue weighted by Crippen LogP contribution is -2.34. The minimum Gasteiger partial charge on any atom is -0.496 e. The zero-order chi connectivity index (χ0) is 25.2. The molecule has 1 aliphatic heterocycles. The van der Waals surface area contributed by atoms with Crippen molar-refractivity contribution >= 4 is 22.6 Å². The number of ether oxygens (including phenoxy) is 1. The first-order chi connectivity index (χ1) is 17.5. The molecular weight excluding hydrogens is 458 g/mol. The van der Waals surface area contributed by atoms with Gasteiger partial charge in [0.05, 0.1) is 19.4 Å². The number of benzene rings is 2. The highest BCUT2D eigenvalue weighted by Crippen LogP contribution is 2.26. The van der Waals surface area contributed by atoms with E-state index in [1.165, 1.54) is 13.2 Å². The first kappa shape index (κ1) is 23.4. The van der Waals surface area contributed by atoms with Crippen molar-refractivity contribution in [2.75, 3.05) is 20.2 Å². The maximum atomic E-state index is 13.5. The molecule has 4 aromatic rings. The lowest BCUT2D eigenvalue weighted by molar-refractivity contribution is 0.0761. The molecule has 0 saturated carbocycles. The fourth-order valence-corrected chi connectivity index (χ4v) is 4.82. The van der Waals surface area contributed by atoms with Gasteiger partial charge in [-0.2, -0.15) is 0 Å². The molecule has 1 unspecified atom stereocenters. The predicted octanol–water partition coefficient (Wildman–Crippen LogP) is 3.79. The molecule has 0 aliphatic carbocycles. The Labute approximate surface area is 208 Å². The molecule has 0 saturated heterocycles. The molecule has 8 heteroatoms. The summed E-state index contributed by atoms with van der Waals surface area (Å²) in [5.74, 6) is 0.364. The van der Waals surface area contributed by atoms with Crippen LogP contribution in [-0.2, 0) is 13.0 Å². The predicted molar refractivity (Wildman–Crippen MR) is 135 cm³/mol. The number of amides is 2. The van der Waals surface area contributed by atoms with Gasteiger partial charge >= 0.3 is 0 Å². The maximum Gasteiger partial charge on any atom is 0.257 e. The topological polar surface area (TPSA) is 93.8 Å². The van der Waals surface area contributed by atoms with Crippen LogP contribution in [0.4, 0.5) is 0 Å². The maximum absolute atomic E-state index is 13.5. The van der Waals surface area contributed by atoms with Crippen molar-refractivity contribution in [3.05, 3.63) is 99.9 Å². The molecule has 2 aromatic heterocycles. The van der Waals surface area contributed by atoms with Crippen molar-refractivity contribution in [1.82, 2.24) is 14.8 Å². The molecule has 2 amide bonds. The molecular formula is C28H27N3O5. The van der Waals surface area contributed by atoms with E-state index in [4.69, 9.17) is 9.15 Å². The summed E-state index contributed by atoms with van der Waals surface area (Å²) in [4.78, 5) is 41.6. The largest absolute Gasteiger partial charge is 0.496 e. The van der Waals surface area contributed by atoms with Crippen LogP contribution in [0.2, 0.25) is 0 Å². The second-order valence-corrected chi connectivity index (χ2v) is 8.80. The van der Waals surface area contributed by atoms with Gasteiger partial charge in [0.15, 0.2) is 0 Å². The molecule has 1 N–H and O–H groups in total. The van der Waals surface area contributed by atoms with E-state index < -0.39 is 0 Å². The standard InChI is InChI=1S/C28H27N3O5/c1-18(23-11-6-16-36-23)29-27(33)26-22-12-13-30(14-15-31(22)25(32)17-24(26)35-2)28(34)21-10-5-8-19-7-3-4-9-20(19)21/h3-11,16-18H,12-15H2,1-2H3,(H,29,33). The Hall–Kier alpha value is -4.33. The van der Waals surface area contributed by atoms with Crippen molar-refractivity contribution in [3.8, 4) is 5.75 Å². The van der Waals surface area contributed by atoms with Gasteiger partial charge in [0.2, 0.25) is 0 Å². The van der Waals surface area contributed by atoms with E-state index in [0.717, 1.165) is 10.8 Å². The number of furan rings is 1. The number of nitrogens with one attached hydrogen (secondary N) is 1. The van der Waals surface area contributed by atoms with Gasteiger partial charge in [0, 0.05) is 43.4 Å². The molecule has 2 aromatic carbocycles. The summed E-state index contributed by atoms with van der Waals surface area (Å²) in [6, 6.07) is 18.0. The molecule has 1 atom stereocenters. The van der Waals surface area contributed by atoms with Gasteiger partial charge in [-0.1, -0.05) is 36.4 Å². The number of aromatic nitrogens is 1. The molecule has 0 fully saturated rings. The monoisotopic (exact) mass is 485 g/mol. The zero-order valence-electron chi connectivity index (χ0n) is 20.2. The summed E-state index contributed by atoms with van der Waals surface area (Å²) < 4.78 is 12.4.